The Hall–Kier alpha value is -2.81. The number of unbranched alkanes of at least 4 members (excludes halogenated alkanes) is 4. The van der Waals surface area contributed by atoms with E-state index in [1.165, 1.54) is 19.3 Å². The molecule has 2 aromatic rings. The van der Waals surface area contributed by atoms with Crippen LogP contribution in [0.4, 0.5) is 0 Å². The van der Waals surface area contributed by atoms with Crippen LogP contribution < -0.4 is 14.2 Å². The number of hydrogen-bond donors (Lipinski definition) is 0. The average molecular weight is 543 g/mol. The van der Waals surface area contributed by atoms with E-state index in [2.05, 4.69) is 24.0 Å². The number of carbonyl (C=O) groups excluding carboxylic acids is 1. The Balaban J connectivity index is 1.73. The smallest absolute Gasteiger partial charge is 0.260 e. The summed E-state index contributed by atoms with van der Waals surface area (Å²) in [6, 6.07) is 13.6. The van der Waals surface area contributed by atoms with Crippen LogP contribution in [-0.4, -0.2) is 76.4 Å². The second-order valence-electron chi connectivity index (χ2n) is 10.0. The lowest BCUT2D eigenvalue weighted by Crippen LogP contribution is -2.53. The lowest BCUT2D eigenvalue weighted by molar-refractivity contribution is -0.288. The van der Waals surface area contributed by atoms with Crippen LogP contribution in [0.25, 0.3) is 0 Å². The maximum atomic E-state index is 13.7. The average Bonchev–Trinajstić information content (AvgIpc) is 2.97. The van der Waals surface area contributed by atoms with Gasteiger partial charge in [-0.05, 0) is 25.5 Å². The number of methoxy groups -OCH3 is 4. The van der Waals surface area contributed by atoms with Crippen LogP contribution in [0.3, 0.4) is 0 Å². The Morgan fingerprint density at radius 2 is 1.59 bits per heavy atom. The molecule has 39 heavy (non-hydrogen) atoms. The fraction of sp³-hybridized carbons (Fsp3) is 0.581. The molecule has 1 aliphatic rings. The molecule has 8 heteroatoms. The van der Waals surface area contributed by atoms with Crippen molar-refractivity contribution in [1.29, 1.82) is 0 Å². The summed E-state index contributed by atoms with van der Waals surface area (Å²) >= 11 is 0. The van der Waals surface area contributed by atoms with E-state index in [4.69, 9.17) is 23.7 Å². The number of carbonyl (C=O) groups is 1. The molecule has 216 valence electrons. The molecule has 0 saturated heterocycles. The van der Waals surface area contributed by atoms with E-state index in [0.29, 0.717) is 42.3 Å². The number of nitrogens with zero attached hydrogens (tertiary/aromatic N) is 2. The third-order valence-corrected chi connectivity index (χ3v) is 7.52. The van der Waals surface area contributed by atoms with Gasteiger partial charge in [-0.1, -0.05) is 62.9 Å². The molecule has 2 aromatic carbocycles. The number of benzene rings is 2. The fourth-order valence-corrected chi connectivity index (χ4v) is 5.18. The number of rotatable bonds is 17. The van der Waals surface area contributed by atoms with Crippen molar-refractivity contribution < 1.29 is 28.5 Å². The highest BCUT2D eigenvalue weighted by Gasteiger charge is 2.37. The van der Waals surface area contributed by atoms with Gasteiger partial charge in [-0.2, -0.15) is 0 Å². The molecule has 0 aromatic heterocycles. The molecule has 0 saturated carbocycles. The van der Waals surface area contributed by atoms with Gasteiger partial charge in [0.1, 0.15) is 5.75 Å². The lowest BCUT2D eigenvalue weighted by atomic mass is 10.1. The normalized spacial score (nSPS) is 15.3. The first kappa shape index (κ1) is 30.7. The Labute approximate surface area is 234 Å². The first-order valence-corrected chi connectivity index (χ1v) is 14.0. The highest BCUT2D eigenvalue weighted by atomic mass is 16.7. The molecular weight excluding hydrogens is 496 g/mol. The monoisotopic (exact) mass is 542 g/mol. The quantitative estimate of drug-likeness (QED) is 0.187. The molecule has 1 atom stereocenters. The molecule has 0 radical (unpaired) electrons. The van der Waals surface area contributed by atoms with E-state index in [-0.39, 0.29) is 12.1 Å². The van der Waals surface area contributed by atoms with Crippen molar-refractivity contribution in [2.75, 3.05) is 48.6 Å². The molecule has 0 N–H and O–H groups in total. The van der Waals surface area contributed by atoms with Crippen LogP contribution in [-0.2, 0) is 15.9 Å². The zero-order valence-electron chi connectivity index (χ0n) is 24.5. The van der Waals surface area contributed by atoms with E-state index < -0.39 is 5.91 Å². The van der Waals surface area contributed by atoms with Crippen molar-refractivity contribution in [2.45, 2.75) is 70.4 Å². The van der Waals surface area contributed by atoms with Gasteiger partial charge in [-0.25, -0.2) is 0 Å². The van der Waals surface area contributed by atoms with E-state index in [9.17, 15) is 4.79 Å². The SMILES string of the molecule is CCCCCCCC1Oc2cc(OC)c(OC)cc2C(=O)N1CCCN(C)C(Cc1ccccc1)(OC)OC. The maximum absolute atomic E-state index is 13.7. The third kappa shape index (κ3) is 7.65. The van der Waals surface area contributed by atoms with Crippen molar-refractivity contribution >= 4 is 5.91 Å². The van der Waals surface area contributed by atoms with E-state index >= 15 is 0 Å². The van der Waals surface area contributed by atoms with E-state index in [1.54, 1.807) is 40.6 Å². The Morgan fingerprint density at radius 3 is 2.23 bits per heavy atom. The predicted octanol–water partition coefficient (Wildman–Crippen LogP) is 5.74. The van der Waals surface area contributed by atoms with Crippen LogP contribution in [0.1, 0.15) is 67.8 Å². The summed E-state index contributed by atoms with van der Waals surface area (Å²) in [6.45, 7) is 3.42. The third-order valence-electron chi connectivity index (χ3n) is 7.52. The van der Waals surface area contributed by atoms with Gasteiger partial charge >= 0.3 is 0 Å². The topological polar surface area (TPSA) is 69.7 Å². The number of likely N-dealkylation sites (N-methyl/N-ethyl adjacent to an activating group) is 1. The predicted molar refractivity (Wildman–Crippen MR) is 153 cm³/mol. The molecule has 0 aliphatic carbocycles. The van der Waals surface area contributed by atoms with Crippen LogP contribution in [0, 0.1) is 0 Å². The van der Waals surface area contributed by atoms with Gasteiger partial charge in [0.25, 0.3) is 5.91 Å². The van der Waals surface area contributed by atoms with Crippen molar-refractivity contribution in [3.05, 3.63) is 53.6 Å². The molecule has 1 unspecified atom stereocenters. The largest absolute Gasteiger partial charge is 0.493 e. The van der Waals surface area contributed by atoms with E-state index in [1.807, 2.05) is 30.1 Å². The number of hydrogen-bond acceptors (Lipinski definition) is 7. The maximum Gasteiger partial charge on any atom is 0.260 e. The van der Waals surface area contributed by atoms with E-state index in [0.717, 1.165) is 31.2 Å². The fourth-order valence-electron chi connectivity index (χ4n) is 5.18. The van der Waals surface area contributed by atoms with Crippen molar-refractivity contribution in [2.24, 2.45) is 0 Å². The first-order chi connectivity index (χ1) is 18.9. The Kier molecular flexibility index (Phi) is 11.9. The second-order valence-corrected chi connectivity index (χ2v) is 10.0. The van der Waals surface area contributed by atoms with Gasteiger partial charge in [0, 0.05) is 52.3 Å². The van der Waals surface area contributed by atoms with Gasteiger partial charge in [0.05, 0.1) is 19.8 Å². The van der Waals surface area contributed by atoms with Gasteiger partial charge < -0.3 is 28.6 Å². The summed E-state index contributed by atoms with van der Waals surface area (Å²) in [5, 5.41) is 0. The molecule has 1 amide bonds. The molecule has 3 rings (SSSR count). The molecule has 0 bridgehead atoms. The zero-order valence-corrected chi connectivity index (χ0v) is 24.5. The Morgan fingerprint density at radius 1 is 0.923 bits per heavy atom. The van der Waals surface area contributed by atoms with Crippen molar-refractivity contribution in [1.82, 2.24) is 9.80 Å². The summed E-state index contributed by atoms with van der Waals surface area (Å²) in [7, 11) is 8.47. The standard InChI is InChI=1S/C31H46N2O6/c1-7-8-9-10-14-18-29-33(30(34)25-21-27(35-3)28(36-4)22-26(25)39-29)20-15-19-32(2)31(37-5,38-6)23-24-16-12-11-13-17-24/h11-13,16-17,21-22,29H,7-10,14-15,18-20,23H2,1-6H3. The van der Waals surface area contributed by atoms with Crippen LogP contribution in [0.15, 0.2) is 42.5 Å². The first-order valence-electron chi connectivity index (χ1n) is 14.0. The van der Waals surface area contributed by atoms with Crippen molar-refractivity contribution in [3.63, 3.8) is 0 Å². The number of ether oxygens (including phenoxy) is 5. The summed E-state index contributed by atoms with van der Waals surface area (Å²) in [6.07, 6.45) is 7.52. The molecule has 0 fully saturated rings. The minimum atomic E-state index is -0.904. The zero-order chi connectivity index (χ0) is 28.3. The summed E-state index contributed by atoms with van der Waals surface area (Å²) < 4.78 is 29.1. The highest BCUT2D eigenvalue weighted by molar-refractivity contribution is 5.98. The minimum Gasteiger partial charge on any atom is -0.493 e. The lowest BCUT2D eigenvalue weighted by Gasteiger charge is -2.40. The van der Waals surface area contributed by atoms with Gasteiger partial charge in [-0.15, -0.1) is 0 Å². The summed E-state index contributed by atoms with van der Waals surface area (Å²) in [5.74, 6) is 0.656. The highest BCUT2D eigenvalue weighted by Crippen LogP contribution is 2.39. The van der Waals surface area contributed by atoms with Crippen molar-refractivity contribution in [3.8, 4) is 17.2 Å². The number of amides is 1. The summed E-state index contributed by atoms with van der Waals surface area (Å²) in [5.41, 5.74) is 1.62. The minimum absolute atomic E-state index is 0.0487. The second kappa shape index (κ2) is 15.1. The van der Waals surface area contributed by atoms with Crippen LogP contribution in [0.5, 0.6) is 17.2 Å². The molecule has 0 spiro atoms. The van der Waals surface area contributed by atoms with Crippen LogP contribution in [0.2, 0.25) is 0 Å². The van der Waals surface area contributed by atoms with Gasteiger partial charge in [0.15, 0.2) is 17.7 Å². The molecular formula is C31H46N2O6. The number of fused-ring (bicyclic) bond motifs is 1. The van der Waals surface area contributed by atoms with Gasteiger partial charge in [0.2, 0.25) is 5.91 Å². The molecule has 1 aliphatic heterocycles. The van der Waals surface area contributed by atoms with Crippen LogP contribution >= 0.6 is 0 Å². The molecule has 1 heterocycles. The molecule has 8 nitrogen and oxygen atoms in total. The Bertz CT molecular complexity index is 1030. The summed E-state index contributed by atoms with van der Waals surface area (Å²) in [4.78, 5) is 17.7. The van der Waals surface area contributed by atoms with Gasteiger partial charge in [-0.3, -0.25) is 9.69 Å².